The highest BCUT2D eigenvalue weighted by atomic mass is 32.2. The van der Waals surface area contributed by atoms with E-state index in [2.05, 4.69) is 5.32 Å². The fourth-order valence-electron chi connectivity index (χ4n) is 2.11. The van der Waals surface area contributed by atoms with Crippen molar-refractivity contribution >= 4 is 23.4 Å². The van der Waals surface area contributed by atoms with Gasteiger partial charge in [0.2, 0.25) is 0 Å². The van der Waals surface area contributed by atoms with E-state index in [0.29, 0.717) is 5.56 Å². The fraction of sp³-hybridized carbons (Fsp3) is 0. The molecule has 114 valence electrons. The molecule has 0 heterocycles. The summed E-state index contributed by atoms with van der Waals surface area (Å²) in [7, 11) is 0. The van der Waals surface area contributed by atoms with Gasteiger partial charge in [0.25, 0.3) is 5.91 Å². The van der Waals surface area contributed by atoms with Gasteiger partial charge in [0.15, 0.2) is 0 Å². The second kappa shape index (κ2) is 7.11. The second-order valence-electron chi connectivity index (χ2n) is 4.85. The Morgan fingerprint density at radius 3 is 2.26 bits per heavy atom. The van der Waals surface area contributed by atoms with Crippen molar-refractivity contribution < 1.29 is 9.18 Å². The van der Waals surface area contributed by atoms with Gasteiger partial charge in [-0.3, -0.25) is 4.79 Å². The molecule has 2 nitrogen and oxygen atoms in total. The average Bonchev–Trinajstić information content (AvgIpc) is 2.58. The third-order valence-electron chi connectivity index (χ3n) is 3.22. The number of carbonyl (C=O) groups excluding carboxylic acids is 1. The highest BCUT2D eigenvalue weighted by Gasteiger charge is 2.13. The third kappa shape index (κ3) is 3.79. The van der Waals surface area contributed by atoms with Crippen LogP contribution in [0.3, 0.4) is 0 Å². The van der Waals surface area contributed by atoms with Crippen LogP contribution in [0.4, 0.5) is 10.1 Å². The van der Waals surface area contributed by atoms with Gasteiger partial charge in [0, 0.05) is 9.79 Å². The van der Waals surface area contributed by atoms with Crippen molar-refractivity contribution in [2.45, 2.75) is 9.79 Å². The molecule has 0 spiro atoms. The van der Waals surface area contributed by atoms with Crippen molar-refractivity contribution in [3.8, 4) is 0 Å². The Hall–Kier alpha value is -2.59. The minimum Gasteiger partial charge on any atom is -0.319 e. The molecule has 0 aliphatic carbocycles. The number of hydrogen-bond acceptors (Lipinski definition) is 2. The standard InChI is InChI=1S/C19H14FNOS/c20-16-11-5-6-12-17(16)21-19(22)15-10-4-7-13-18(15)23-14-8-2-1-3-9-14/h1-13H,(H,21,22). The van der Waals surface area contributed by atoms with E-state index in [4.69, 9.17) is 0 Å². The maximum Gasteiger partial charge on any atom is 0.256 e. The summed E-state index contributed by atoms with van der Waals surface area (Å²) in [6.07, 6.45) is 0. The lowest BCUT2D eigenvalue weighted by molar-refractivity contribution is 0.102. The third-order valence-corrected chi connectivity index (χ3v) is 4.31. The first-order valence-corrected chi connectivity index (χ1v) is 7.93. The minimum atomic E-state index is -0.450. The molecule has 0 aliphatic rings. The van der Waals surface area contributed by atoms with E-state index in [1.165, 1.54) is 17.8 Å². The Bertz CT molecular complexity index is 820. The predicted molar refractivity (Wildman–Crippen MR) is 91.4 cm³/mol. The van der Waals surface area contributed by atoms with Gasteiger partial charge in [0.05, 0.1) is 11.3 Å². The highest BCUT2D eigenvalue weighted by molar-refractivity contribution is 7.99. The summed E-state index contributed by atoms with van der Waals surface area (Å²) in [6.45, 7) is 0. The van der Waals surface area contributed by atoms with Crippen LogP contribution in [0.25, 0.3) is 0 Å². The molecular formula is C19H14FNOS. The van der Waals surface area contributed by atoms with Crippen LogP contribution in [0, 0.1) is 5.82 Å². The average molecular weight is 323 g/mol. The maximum atomic E-state index is 13.7. The summed E-state index contributed by atoms with van der Waals surface area (Å²) in [5.41, 5.74) is 0.696. The van der Waals surface area contributed by atoms with Gasteiger partial charge in [0.1, 0.15) is 5.82 Å². The van der Waals surface area contributed by atoms with Crippen LogP contribution in [0.2, 0.25) is 0 Å². The number of para-hydroxylation sites is 1. The Labute approximate surface area is 138 Å². The summed E-state index contributed by atoms with van der Waals surface area (Å²) in [5.74, 6) is -0.775. The van der Waals surface area contributed by atoms with Crippen molar-refractivity contribution in [2.24, 2.45) is 0 Å². The zero-order valence-electron chi connectivity index (χ0n) is 12.2. The van der Waals surface area contributed by atoms with E-state index in [9.17, 15) is 9.18 Å². The van der Waals surface area contributed by atoms with E-state index in [-0.39, 0.29) is 11.6 Å². The van der Waals surface area contributed by atoms with E-state index < -0.39 is 5.82 Å². The van der Waals surface area contributed by atoms with Crippen LogP contribution < -0.4 is 5.32 Å². The van der Waals surface area contributed by atoms with E-state index in [0.717, 1.165) is 9.79 Å². The molecule has 0 bridgehead atoms. The van der Waals surface area contributed by atoms with Crippen molar-refractivity contribution in [1.82, 2.24) is 0 Å². The molecule has 0 fully saturated rings. The SMILES string of the molecule is O=C(Nc1ccccc1F)c1ccccc1Sc1ccccc1. The first kappa shape index (κ1) is 15.3. The molecule has 0 radical (unpaired) electrons. The Balaban J connectivity index is 1.85. The molecule has 0 saturated heterocycles. The topological polar surface area (TPSA) is 29.1 Å². The number of rotatable bonds is 4. The lowest BCUT2D eigenvalue weighted by atomic mass is 10.2. The summed E-state index contributed by atoms with van der Waals surface area (Å²) < 4.78 is 13.7. The zero-order valence-corrected chi connectivity index (χ0v) is 13.0. The molecule has 0 aromatic heterocycles. The number of benzene rings is 3. The van der Waals surface area contributed by atoms with Crippen LogP contribution >= 0.6 is 11.8 Å². The number of hydrogen-bond donors (Lipinski definition) is 1. The summed E-state index contributed by atoms with van der Waals surface area (Å²) in [4.78, 5) is 14.4. The van der Waals surface area contributed by atoms with Crippen LogP contribution in [0.15, 0.2) is 88.7 Å². The van der Waals surface area contributed by atoms with Crippen molar-refractivity contribution in [1.29, 1.82) is 0 Å². The second-order valence-corrected chi connectivity index (χ2v) is 5.96. The molecular weight excluding hydrogens is 309 g/mol. The van der Waals surface area contributed by atoms with E-state index in [1.54, 1.807) is 30.3 Å². The number of nitrogens with one attached hydrogen (secondary N) is 1. The predicted octanol–water partition coefficient (Wildman–Crippen LogP) is 5.23. The van der Waals surface area contributed by atoms with E-state index in [1.807, 2.05) is 42.5 Å². The van der Waals surface area contributed by atoms with E-state index >= 15 is 0 Å². The molecule has 3 rings (SSSR count). The monoisotopic (exact) mass is 323 g/mol. The Morgan fingerprint density at radius 2 is 1.48 bits per heavy atom. The molecule has 1 amide bonds. The largest absolute Gasteiger partial charge is 0.319 e. The molecule has 3 aromatic carbocycles. The number of anilines is 1. The van der Waals surface area contributed by atoms with Gasteiger partial charge in [-0.05, 0) is 36.4 Å². The first-order valence-electron chi connectivity index (χ1n) is 7.12. The van der Waals surface area contributed by atoms with Crippen molar-refractivity contribution in [2.75, 3.05) is 5.32 Å². The zero-order chi connectivity index (χ0) is 16.1. The van der Waals surface area contributed by atoms with Crippen molar-refractivity contribution in [3.05, 3.63) is 90.2 Å². The van der Waals surface area contributed by atoms with Crippen LogP contribution in [-0.4, -0.2) is 5.91 Å². The van der Waals surface area contributed by atoms with Crippen LogP contribution in [-0.2, 0) is 0 Å². The van der Waals surface area contributed by atoms with Gasteiger partial charge in [-0.15, -0.1) is 0 Å². The quantitative estimate of drug-likeness (QED) is 0.712. The van der Waals surface area contributed by atoms with Gasteiger partial charge in [-0.25, -0.2) is 4.39 Å². The number of halogens is 1. The molecule has 0 atom stereocenters. The number of carbonyl (C=O) groups is 1. The maximum absolute atomic E-state index is 13.7. The van der Waals surface area contributed by atoms with Crippen LogP contribution in [0.5, 0.6) is 0 Å². The van der Waals surface area contributed by atoms with Crippen LogP contribution in [0.1, 0.15) is 10.4 Å². The summed E-state index contributed by atoms with van der Waals surface area (Å²) in [6, 6.07) is 23.2. The molecule has 1 N–H and O–H groups in total. The lowest BCUT2D eigenvalue weighted by Gasteiger charge is -2.10. The van der Waals surface area contributed by atoms with Gasteiger partial charge >= 0.3 is 0 Å². The van der Waals surface area contributed by atoms with Crippen molar-refractivity contribution in [3.63, 3.8) is 0 Å². The lowest BCUT2D eigenvalue weighted by Crippen LogP contribution is -2.13. The Morgan fingerprint density at radius 1 is 0.826 bits per heavy atom. The fourth-order valence-corrected chi connectivity index (χ4v) is 3.08. The summed E-state index contributed by atoms with van der Waals surface area (Å²) in [5, 5.41) is 2.63. The van der Waals surface area contributed by atoms with Gasteiger partial charge < -0.3 is 5.32 Å². The molecule has 0 saturated carbocycles. The number of amides is 1. The molecule has 0 aliphatic heterocycles. The minimum absolute atomic E-state index is 0.178. The Kier molecular flexibility index (Phi) is 4.74. The normalized spacial score (nSPS) is 10.3. The van der Waals surface area contributed by atoms with Gasteiger partial charge in [-0.2, -0.15) is 0 Å². The molecule has 23 heavy (non-hydrogen) atoms. The molecule has 4 heteroatoms. The smallest absolute Gasteiger partial charge is 0.256 e. The molecule has 3 aromatic rings. The highest BCUT2D eigenvalue weighted by Crippen LogP contribution is 2.30. The summed E-state index contributed by atoms with van der Waals surface area (Å²) >= 11 is 1.50. The van der Waals surface area contributed by atoms with Gasteiger partial charge in [-0.1, -0.05) is 54.2 Å². The first-order chi connectivity index (χ1) is 11.2. The molecule has 0 unspecified atom stereocenters.